The Hall–Kier alpha value is -2.27. The third-order valence-electron chi connectivity index (χ3n) is 8.85. The Morgan fingerprint density at radius 3 is 2.21 bits per heavy atom. The Morgan fingerprint density at radius 2 is 1.62 bits per heavy atom. The molecule has 34 heavy (non-hydrogen) atoms. The van der Waals surface area contributed by atoms with Gasteiger partial charge in [0, 0.05) is 23.6 Å². The van der Waals surface area contributed by atoms with E-state index in [0.717, 1.165) is 52.9 Å². The number of hydrogen-bond acceptors (Lipinski definition) is 3. The largest absolute Gasteiger partial charge is 0.318 e. The van der Waals surface area contributed by atoms with Gasteiger partial charge in [0.25, 0.3) is 11.1 Å². The average molecular weight is 475 g/mol. The highest BCUT2D eigenvalue weighted by Gasteiger charge is 2.51. The Labute approximate surface area is 206 Å². The van der Waals surface area contributed by atoms with Crippen molar-refractivity contribution in [1.29, 1.82) is 0 Å². The van der Waals surface area contributed by atoms with Gasteiger partial charge in [0.1, 0.15) is 0 Å². The number of imide groups is 1. The number of nitrogens with zero attached hydrogens (tertiary/aromatic N) is 2. The summed E-state index contributed by atoms with van der Waals surface area (Å²) in [7, 11) is 0. The molecule has 5 fully saturated rings. The van der Waals surface area contributed by atoms with Crippen LogP contribution in [0.25, 0.3) is 11.8 Å². The number of rotatable bonds is 5. The lowest BCUT2D eigenvalue weighted by Gasteiger charge is -2.57. The van der Waals surface area contributed by atoms with Crippen LogP contribution in [0.5, 0.6) is 0 Å². The summed E-state index contributed by atoms with van der Waals surface area (Å²) in [4.78, 5) is 26.8. The molecular weight excluding hydrogens is 440 g/mol. The predicted molar refractivity (Wildman–Crippen MR) is 138 cm³/mol. The van der Waals surface area contributed by atoms with E-state index in [9.17, 15) is 9.59 Å². The summed E-state index contributed by atoms with van der Waals surface area (Å²) in [6.07, 6.45) is 11.2. The van der Waals surface area contributed by atoms with Gasteiger partial charge in [-0.2, -0.15) is 0 Å². The minimum Gasteiger partial charge on any atom is -0.318 e. The smallest absolute Gasteiger partial charge is 0.293 e. The molecular formula is C29H34N2O2S. The summed E-state index contributed by atoms with van der Waals surface area (Å²) in [5, 5.41) is -0.160. The summed E-state index contributed by atoms with van der Waals surface area (Å²) in [6.45, 7) is 6.68. The van der Waals surface area contributed by atoms with Gasteiger partial charge >= 0.3 is 0 Å². The highest BCUT2D eigenvalue weighted by atomic mass is 32.2. The van der Waals surface area contributed by atoms with Crippen LogP contribution in [0.2, 0.25) is 0 Å². The molecule has 5 heteroatoms. The zero-order valence-electron chi connectivity index (χ0n) is 20.5. The van der Waals surface area contributed by atoms with Crippen LogP contribution in [0, 0.1) is 31.6 Å². The first kappa shape index (κ1) is 22.2. The van der Waals surface area contributed by atoms with Crippen LogP contribution >= 0.6 is 11.8 Å². The second-order valence-corrected chi connectivity index (χ2v) is 12.2. The molecule has 0 spiro atoms. The zero-order valence-corrected chi connectivity index (χ0v) is 21.3. The fourth-order valence-electron chi connectivity index (χ4n) is 7.82. The maximum Gasteiger partial charge on any atom is 0.293 e. The fraction of sp³-hybridized carbons (Fsp3) is 0.517. The molecule has 2 amide bonds. The molecule has 4 aliphatic carbocycles. The van der Waals surface area contributed by atoms with E-state index in [1.165, 1.54) is 49.1 Å². The van der Waals surface area contributed by atoms with Crippen LogP contribution in [0.3, 0.4) is 0 Å². The molecule has 1 aromatic heterocycles. The van der Waals surface area contributed by atoms with Gasteiger partial charge in [-0.3, -0.25) is 14.5 Å². The van der Waals surface area contributed by atoms with E-state index in [0.29, 0.717) is 16.9 Å². The van der Waals surface area contributed by atoms with Gasteiger partial charge in [0.15, 0.2) is 0 Å². The van der Waals surface area contributed by atoms with Gasteiger partial charge in [-0.1, -0.05) is 19.1 Å². The zero-order chi connectivity index (χ0) is 23.6. The summed E-state index contributed by atoms with van der Waals surface area (Å²) in [6, 6.07) is 11.5. The van der Waals surface area contributed by atoms with Crippen LogP contribution in [0.1, 0.15) is 74.4 Å². The number of aromatic nitrogens is 1. The summed E-state index contributed by atoms with van der Waals surface area (Å²) in [5.41, 5.74) is 6.37. The summed E-state index contributed by atoms with van der Waals surface area (Å²) >= 11 is 1.05. The molecule has 5 aliphatic rings. The van der Waals surface area contributed by atoms with E-state index in [2.05, 4.69) is 48.7 Å². The van der Waals surface area contributed by atoms with E-state index in [1.807, 2.05) is 13.0 Å². The number of aryl methyl sites for hydroxylation is 1. The van der Waals surface area contributed by atoms with Crippen molar-refractivity contribution in [3.8, 4) is 5.69 Å². The van der Waals surface area contributed by atoms with E-state index < -0.39 is 0 Å². The molecule has 4 bridgehead atoms. The van der Waals surface area contributed by atoms with Crippen LogP contribution in [0.15, 0.2) is 35.2 Å². The Bertz CT molecular complexity index is 1150. The molecule has 1 aliphatic heterocycles. The highest BCUT2D eigenvalue weighted by Crippen LogP contribution is 2.60. The number of carbonyl (C=O) groups excluding carboxylic acids is 2. The Morgan fingerprint density at radius 1 is 1.00 bits per heavy atom. The molecule has 178 valence electrons. The van der Waals surface area contributed by atoms with Crippen molar-refractivity contribution in [3.05, 3.63) is 57.8 Å². The lowest BCUT2D eigenvalue weighted by atomic mass is 9.48. The number of amides is 2. The molecule has 7 rings (SSSR count). The SMILES string of the molecule is CCCN1C(=O)S/C(=C/c2cc(C)n(-c3ccc(C45CC6CC(CC(C6)C4)C5)cc3)c2C)C1=O. The van der Waals surface area contributed by atoms with Crippen molar-refractivity contribution in [3.63, 3.8) is 0 Å². The Balaban J connectivity index is 1.28. The van der Waals surface area contributed by atoms with Gasteiger partial charge in [-0.05, 0) is 129 Å². The number of hydrogen-bond donors (Lipinski definition) is 0. The minimum atomic E-state index is -0.165. The highest BCUT2D eigenvalue weighted by molar-refractivity contribution is 8.18. The molecule has 0 unspecified atom stereocenters. The number of thioether (sulfide) groups is 1. The van der Waals surface area contributed by atoms with Crippen LogP contribution in [0.4, 0.5) is 4.79 Å². The first-order valence-electron chi connectivity index (χ1n) is 12.9. The van der Waals surface area contributed by atoms with Crippen molar-refractivity contribution in [1.82, 2.24) is 9.47 Å². The third-order valence-corrected chi connectivity index (χ3v) is 9.76. The standard InChI is InChI=1S/C29H34N2O2S/c1-4-9-30-27(32)26(34-28(30)33)14-23-10-18(2)31(19(23)3)25-7-5-24(6-8-25)29-15-20-11-21(16-29)13-22(12-20)17-29/h5-8,10,14,20-22H,4,9,11-13,15-17H2,1-3H3/b26-14+. The van der Waals surface area contributed by atoms with Crippen molar-refractivity contribution in [2.45, 2.75) is 71.1 Å². The van der Waals surface area contributed by atoms with Crippen LogP contribution in [-0.4, -0.2) is 27.2 Å². The molecule has 0 N–H and O–H groups in total. The van der Waals surface area contributed by atoms with Crippen molar-refractivity contribution in [2.75, 3.05) is 6.54 Å². The maximum atomic E-state index is 12.7. The third kappa shape index (κ3) is 3.50. The van der Waals surface area contributed by atoms with Gasteiger partial charge in [0.2, 0.25) is 0 Å². The summed E-state index contributed by atoms with van der Waals surface area (Å²) < 4.78 is 2.27. The van der Waals surface area contributed by atoms with E-state index in [-0.39, 0.29) is 11.1 Å². The lowest BCUT2D eigenvalue weighted by Crippen LogP contribution is -2.48. The summed E-state index contributed by atoms with van der Waals surface area (Å²) in [5.74, 6) is 2.69. The van der Waals surface area contributed by atoms with Crippen LogP contribution in [-0.2, 0) is 10.2 Å². The minimum absolute atomic E-state index is 0.160. The lowest BCUT2D eigenvalue weighted by molar-refractivity contribution is -0.122. The number of benzene rings is 1. The molecule has 2 heterocycles. The van der Waals surface area contributed by atoms with E-state index in [4.69, 9.17) is 0 Å². The molecule has 4 nitrogen and oxygen atoms in total. The number of carbonyl (C=O) groups is 2. The van der Waals surface area contributed by atoms with Crippen molar-refractivity contribution >= 4 is 29.0 Å². The average Bonchev–Trinajstić information content (AvgIpc) is 3.22. The van der Waals surface area contributed by atoms with Crippen LogP contribution < -0.4 is 0 Å². The topological polar surface area (TPSA) is 42.3 Å². The quantitative estimate of drug-likeness (QED) is 0.438. The molecule has 0 radical (unpaired) electrons. The predicted octanol–water partition coefficient (Wildman–Crippen LogP) is 7.01. The van der Waals surface area contributed by atoms with E-state index >= 15 is 0 Å². The Kier molecular flexibility index (Phi) is 5.32. The van der Waals surface area contributed by atoms with Crippen molar-refractivity contribution in [2.24, 2.45) is 17.8 Å². The molecule has 4 saturated carbocycles. The second kappa shape index (κ2) is 8.15. The van der Waals surface area contributed by atoms with Gasteiger partial charge < -0.3 is 4.57 Å². The second-order valence-electron chi connectivity index (χ2n) is 11.2. The normalized spacial score (nSPS) is 31.3. The first-order valence-corrected chi connectivity index (χ1v) is 13.7. The molecule has 1 saturated heterocycles. The van der Waals surface area contributed by atoms with E-state index in [1.54, 1.807) is 5.56 Å². The molecule has 1 aromatic carbocycles. The first-order chi connectivity index (χ1) is 16.4. The monoisotopic (exact) mass is 474 g/mol. The van der Waals surface area contributed by atoms with Gasteiger partial charge in [-0.15, -0.1) is 0 Å². The van der Waals surface area contributed by atoms with Gasteiger partial charge in [0.05, 0.1) is 4.91 Å². The molecule has 0 atom stereocenters. The molecule has 2 aromatic rings. The van der Waals surface area contributed by atoms with Crippen molar-refractivity contribution < 1.29 is 9.59 Å². The van der Waals surface area contributed by atoms with Gasteiger partial charge in [-0.25, -0.2) is 0 Å². The maximum absolute atomic E-state index is 12.7. The fourth-order valence-corrected chi connectivity index (χ4v) is 8.67.